The van der Waals surface area contributed by atoms with Crippen molar-refractivity contribution in [3.8, 4) is 23.1 Å². The molecule has 0 unspecified atom stereocenters. The second-order valence-corrected chi connectivity index (χ2v) is 8.41. The summed E-state index contributed by atoms with van der Waals surface area (Å²) in [5, 5.41) is 19.2. The average Bonchev–Trinajstić information content (AvgIpc) is 3.23. The first-order valence-electron chi connectivity index (χ1n) is 10.4. The van der Waals surface area contributed by atoms with Gasteiger partial charge in [-0.1, -0.05) is 13.8 Å². The Morgan fingerprint density at radius 2 is 2.06 bits per heavy atom. The number of anilines is 1. The van der Waals surface area contributed by atoms with Crippen LogP contribution in [0.1, 0.15) is 37.6 Å². The van der Waals surface area contributed by atoms with E-state index >= 15 is 0 Å². The van der Waals surface area contributed by atoms with Gasteiger partial charge in [0, 0.05) is 47.6 Å². The van der Waals surface area contributed by atoms with Crippen molar-refractivity contribution in [2.24, 2.45) is 11.1 Å². The molecule has 172 valence electrons. The van der Waals surface area contributed by atoms with E-state index in [1.165, 1.54) is 6.20 Å². The normalized spacial score (nSPS) is 12.1. The first kappa shape index (κ1) is 23.5. The number of hydrogen-bond acceptors (Lipinski definition) is 7. The second kappa shape index (κ2) is 9.56. The molecule has 1 atom stereocenters. The van der Waals surface area contributed by atoms with Gasteiger partial charge in [0.1, 0.15) is 6.42 Å². The molecule has 0 aliphatic heterocycles. The monoisotopic (exact) mass is 449 g/mol. The number of nitriles is 1. The zero-order valence-corrected chi connectivity index (χ0v) is 19.0. The van der Waals surface area contributed by atoms with Crippen molar-refractivity contribution >= 4 is 23.0 Å². The van der Waals surface area contributed by atoms with E-state index in [9.17, 15) is 9.59 Å². The van der Waals surface area contributed by atoms with Crippen LogP contribution >= 0.6 is 0 Å². The van der Waals surface area contributed by atoms with Crippen LogP contribution in [0.4, 0.5) is 5.69 Å². The van der Waals surface area contributed by atoms with Gasteiger partial charge in [0.15, 0.2) is 0 Å². The summed E-state index contributed by atoms with van der Waals surface area (Å²) in [5.74, 6) is -0.420. The minimum Gasteiger partial charge on any atom is -0.481 e. The van der Waals surface area contributed by atoms with Gasteiger partial charge in [-0.2, -0.15) is 10.4 Å². The largest absolute Gasteiger partial charge is 0.481 e. The summed E-state index contributed by atoms with van der Waals surface area (Å²) in [7, 11) is 1.56. The molecule has 33 heavy (non-hydrogen) atoms. The van der Waals surface area contributed by atoms with Gasteiger partial charge in [0.2, 0.25) is 11.8 Å². The number of ether oxygens (including phenoxy) is 1. The molecule has 0 spiro atoms. The lowest BCUT2D eigenvalue weighted by atomic mass is 9.85. The predicted molar refractivity (Wildman–Crippen MR) is 124 cm³/mol. The van der Waals surface area contributed by atoms with Crippen LogP contribution in [-0.2, 0) is 4.79 Å². The SMILES string of the molecule is COc1ccc(-c2cc3c(N[C@H](C)C(C)(C)CNC(=O)CC#N)c(C(N)=O)cnn3c2)cn1. The lowest BCUT2D eigenvalue weighted by Crippen LogP contribution is -2.43. The Kier molecular flexibility index (Phi) is 6.82. The number of hydrogen-bond donors (Lipinski definition) is 3. The summed E-state index contributed by atoms with van der Waals surface area (Å²) in [6.45, 7) is 6.26. The Bertz CT molecular complexity index is 1210. The fourth-order valence-electron chi connectivity index (χ4n) is 3.25. The smallest absolute Gasteiger partial charge is 0.252 e. The number of nitrogens with one attached hydrogen (secondary N) is 2. The highest BCUT2D eigenvalue weighted by Gasteiger charge is 2.28. The molecule has 3 aromatic heterocycles. The number of nitrogens with two attached hydrogens (primary N) is 1. The third-order valence-electron chi connectivity index (χ3n) is 5.70. The number of nitrogens with zero attached hydrogens (tertiary/aromatic N) is 4. The topological polar surface area (TPSA) is 147 Å². The van der Waals surface area contributed by atoms with Crippen molar-refractivity contribution in [2.75, 3.05) is 19.0 Å². The van der Waals surface area contributed by atoms with Crippen LogP contribution in [0.25, 0.3) is 16.6 Å². The third-order valence-corrected chi connectivity index (χ3v) is 5.70. The van der Waals surface area contributed by atoms with Crippen LogP contribution in [0.3, 0.4) is 0 Å². The number of carbonyl (C=O) groups is 2. The van der Waals surface area contributed by atoms with Gasteiger partial charge in [0.25, 0.3) is 5.91 Å². The van der Waals surface area contributed by atoms with Gasteiger partial charge in [-0.25, -0.2) is 9.50 Å². The molecule has 0 saturated heterocycles. The minimum absolute atomic E-state index is 0.176. The highest BCUT2D eigenvalue weighted by atomic mass is 16.5. The van der Waals surface area contributed by atoms with E-state index < -0.39 is 11.3 Å². The lowest BCUT2D eigenvalue weighted by molar-refractivity contribution is -0.120. The van der Waals surface area contributed by atoms with E-state index in [0.717, 1.165) is 11.1 Å². The molecular weight excluding hydrogens is 422 g/mol. The molecule has 3 heterocycles. The standard InChI is InChI=1S/C23H27N7O3/c1-14(23(2,3)13-27-19(31)7-8-24)29-21-17(22(25)32)11-28-30-12-16(9-18(21)30)15-5-6-20(33-4)26-10-15/h5-6,9-12,14,29H,7,13H2,1-4H3,(H2,25,32)(H,27,31)/t14-/m1/s1. The predicted octanol–water partition coefficient (Wildman–Crippen LogP) is 2.36. The molecule has 0 aliphatic rings. The van der Waals surface area contributed by atoms with Gasteiger partial charge in [-0.3, -0.25) is 9.59 Å². The maximum Gasteiger partial charge on any atom is 0.252 e. The van der Waals surface area contributed by atoms with Crippen LogP contribution in [0, 0.1) is 16.7 Å². The summed E-state index contributed by atoms with van der Waals surface area (Å²) >= 11 is 0. The average molecular weight is 450 g/mol. The van der Waals surface area contributed by atoms with Crippen LogP contribution in [0.15, 0.2) is 36.8 Å². The summed E-state index contributed by atoms with van der Waals surface area (Å²) in [5.41, 5.74) is 8.43. The van der Waals surface area contributed by atoms with Crippen molar-refractivity contribution in [1.82, 2.24) is 19.9 Å². The number of rotatable bonds is 9. The van der Waals surface area contributed by atoms with E-state index in [0.29, 0.717) is 23.6 Å². The van der Waals surface area contributed by atoms with Crippen molar-refractivity contribution < 1.29 is 14.3 Å². The molecule has 0 aromatic carbocycles. The van der Waals surface area contributed by atoms with E-state index in [1.807, 2.05) is 45.2 Å². The Morgan fingerprint density at radius 3 is 2.67 bits per heavy atom. The third kappa shape index (κ3) is 5.20. The van der Waals surface area contributed by atoms with Crippen LogP contribution in [-0.4, -0.2) is 46.1 Å². The fourth-order valence-corrected chi connectivity index (χ4v) is 3.25. The molecule has 0 radical (unpaired) electrons. The highest BCUT2D eigenvalue weighted by Crippen LogP contribution is 2.31. The highest BCUT2D eigenvalue weighted by molar-refractivity contribution is 6.02. The number of carbonyl (C=O) groups excluding carboxylic acids is 2. The molecule has 3 rings (SSSR count). The minimum atomic E-state index is -0.603. The number of fused-ring (bicyclic) bond motifs is 1. The summed E-state index contributed by atoms with van der Waals surface area (Å²) < 4.78 is 6.79. The van der Waals surface area contributed by atoms with Gasteiger partial charge in [-0.15, -0.1) is 0 Å². The van der Waals surface area contributed by atoms with Crippen molar-refractivity contribution in [1.29, 1.82) is 5.26 Å². The van der Waals surface area contributed by atoms with Crippen molar-refractivity contribution in [3.05, 3.63) is 42.4 Å². The van der Waals surface area contributed by atoms with Crippen LogP contribution < -0.4 is 21.1 Å². The zero-order valence-electron chi connectivity index (χ0n) is 19.0. The molecule has 0 fully saturated rings. The number of primary amides is 1. The van der Waals surface area contributed by atoms with Crippen molar-refractivity contribution in [3.63, 3.8) is 0 Å². The van der Waals surface area contributed by atoms with E-state index in [4.69, 9.17) is 15.7 Å². The number of aromatic nitrogens is 3. The van der Waals surface area contributed by atoms with E-state index in [1.54, 1.807) is 23.9 Å². The summed E-state index contributed by atoms with van der Waals surface area (Å²) in [6, 6.07) is 7.22. The van der Waals surface area contributed by atoms with Crippen LogP contribution in [0.5, 0.6) is 5.88 Å². The Hall–Kier alpha value is -4.13. The van der Waals surface area contributed by atoms with E-state index in [2.05, 4.69) is 20.7 Å². The summed E-state index contributed by atoms with van der Waals surface area (Å²) in [6.07, 6.45) is 4.78. The maximum absolute atomic E-state index is 12.2. The quantitative estimate of drug-likeness (QED) is 0.454. The first-order valence-corrected chi connectivity index (χ1v) is 10.4. The number of amides is 2. The number of pyridine rings is 1. The Balaban J connectivity index is 1.95. The molecule has 2 amide bonds. The molecule has 3 aromatic rings. The molecular formula is C23H27N7O3. The van der Waals surface area contributed by atoms with Gasteiger partial charge in [0.05, 0.1) is 36.1 Å². The van der Waals surface area contributed by atoms with Gasteiger partial charge >= 0.3 is 0 Å². The molecule has 0 bridgehead atoms. The van der Waals surface area contributed by atoms with Gasteiger partial charge in [-0.05, 0) is 19.1 Å². The summed E-state index contributed by atoms with van der Waals surface area (Å²) in [4.78, 5) is 28.1. The molecule has 0 saturated carbocycles. The van der Waals surface area contributed by atoms with Gasteiger partial charge < -0.3 is 21.1 Å². The Labute approximate surface area is 191 Å². The lowest BCUT2D eigenvalue weighted by Gasteiger charge is -2.33. The molecule has 10 heteroatoms. The molecule has 10 nitrogen and oxygen atoms in total. The Morgan fingerprint density at radius 1 is 1.30 bits per heavy atom. The number of methoxy groups -OCH3 is 1. The first-order chi connectivity index (χ1) is 15.7. The zero-order chi connectivity index (χ0) is 24.2. The molecule has 0 aliphatic carbocycles. The molecule has 4 N–H and O–H groups in total. The van der Waals surface area contributed by atoms with E-state index in [-0.39, 0.29) is 23.9 Å². The maximum atomic E-state index is 12.2. The fraction of sp³-hybridized carbons (Fsp3) is 0.348. The second-order valence-electron chi connectivity index (χ2n) is 8.41. The van der Waals surface area contributed by atoms with Crippen LogP contribution in [0.2, 0.25) is 0 Å². The van der Waals surface area contributed by atoms with Crippen molar-refractivity contribution in [2.45, 2.75) is 33.2 Å².